The molecule has 3 aromatic rings. The van der Waals surface area contributed by atoms with Gasteiger partial charge in [0.1, 0.15) is 11.6 Å². The van der Waals surface area contributed by atoms with Crippen molar-refractivity contribution in [2.45, 2.75) is 19.3 Å². The number of para-hydroxylation sites is 1. The third kappa shape index (κ3) is 6.06. The standard InChI is InChI=1S/C26H30FN5O/c1-31(23-11-3-2-4-12-23)16-7-14-29-26(33)21-9-6-17-32(19-21)24-13-15-28-25(30-24)20-8-5-10-22(27)18-20/h2-5,8,10-13,15,18,21H,6-7,9,14,16-17,19H2,1H3,(H,29,33)/t21-/m1/s1. The number of rotatable bonds is 8. The summed E-state index contributed by atoms with van der Waals surface area (Å²) in [7, 11) is 2.07. The van der Waals surface area contributed by atoms with Crippen molar-refractivity contribution in [3.8, 4) is 11.4 Å². The lowest BCUT2D eigenvalue weighted by molar-refractivity contribution is -0.125. The molecule has 6 nitrogen and oxygen atoms in total. The number of piperidine rings is 1. The highest BCUT2D eigenvalue weighted by Crippen LogP contribution is 2.24. The Morgan fingerprint density at radius 2 is 2.03 bits per heavy atom. The fraction of sp³-hybridized carbons (Fsp3) is 0.346. The molecule has 1 aliphatic rings. The number of nitrogens with zero attached hydrogens (tertiary/aromatic N) is 4. The average molecular weight is 448 g/mol. The molecule has 2 heterocycles. The Labute approximate surface area is 194 Å². The minimum atomic E-state index is -0.314. The van der Waals surface area contributed by atoms with Crippen LogP contribution in [0.15, 0.2) is 66.9 Å². The van der Waals surface area contributed by atoms with Gasteiger partial charge in [-0.1, -0.05) is 30.3 Å². The molecule has 1 atom stereocenters. The quantitative estimate of drug-likeness (QED) is 0.526. The van der Waals surface area contributed by atoms with Gasteiger partial charge in [0, 0.05) is 50.7 Å². The second-order valence-electron chi connectivity index (χ2n) is 8.44. The zero-order valence-corrected chi connectivity index (χ0v) is 19.0. The summed E-state index contributed by atoms with van der Waals surface area (Å²) in [5, 5.41) is 3.11. The first-order valence-corrected chi connectivity index (χ1v) is 11.5. The van der Waals surface area contributed by atoms with Crippen LogP contribution >= 0.6 is 0 Å². The van der Waals surface area contributed by atoms with E-state index >= 15 is 0 Å². The van der Waals surface area contributed by atoms with E-state index in [2.05, 4.69) is 44.3 Å². The summed E-state index contributed by atoms with van der Waals surface area (Å²) in [4.78, 5) is 26.0. The van der Waals surface area contributed by atoms with Crippen LogP contribution in [0, 0.1) is 11.7 Å². The molecule has 172 valence electrons. The van der Waals surface area contributed by atoms with Crippen LogP contribution in [-0.2, 0) is 4.79 Å². The number of carbonyl (C=O) groups is 1. The van der Waals surface area contributed by atoms with Gasteiger partial charge < -0.3 is 15.1 Å². The summed E-state index contributed by atoms with van der Waals surface area (Å²) in [5.41, 5.74) is 1.82. The molecule has 4 rings (SSSR count). The molecule has 33 heavy (non-hydrogen) atoms. The summed E-state index contributed by atoms with van der Waals surface area (Å²) in [5.74, 6) is 0.971. The molecule has 1 aliphatic heterocycles. The van der Waals surface area contributed by atoms with Gasteiger partial charge >= 0.3 is 0 Å². The molecule has 0 saturated carbocycles. The predicted octanol–water partition coefficient (Wildman–Crippen LogP) is 4.14. The molecule has 0 radical (unpaired) electrons. The van der Waals surface area contributed by atoms with Crippen LogP contribution < -0.4 is 15.1 Å². The number of aromatic nitrogens is 2. The first-order valence-electron chi connectivity index (χ1n) is 11.5. The monoisotopic (exact) mass is 447 g/mol. The van der Waals surface area contributed by atoms with E-state index in [9.17, 15) is 9.18 Å². The highest BCUT2D eigenvalue weighted by molar-refractivity contribution is 5.79. The normalized spacial score (nSPS) is 15.8. The van der Waals surface area contributed by atoms with Crippen LogP contribution in [0.4, 0.5) is 15.9 Å². The van der Waals surface area contributed by atoms with Crippen molar-refractivity contribution in [2.75, 3.05) is 43.0 Å². The molecule has 0 unspecified atom stereocenters. The molecule has 1 amide bonds. The third-order valence-electron chi connectivity index (χ3n) is 6.01. The number of hydrogen-bond donors (Lipinski definition) is 1. The molecule has 0 aliphatic carbocycles. The largest absolute Gasteiger partial charge is 0.375 e. The van der Waals surface area contributed by atoms with Gasteiger partial charge in [-0.15, -0.1) is 0 Å². The maximum Gasteiger partial charge on any atom is 0.224 e. The molecular weight excluding hydrogens is 417 g/mol. The lowest BCUT2D eigenvalue weighted by Crippen LogP contribution is -2.43. The van der Waals surface area contributed by atoms with E-state index < -0.39 is 0 Å². The topological polar surface area (TPSA) is 61.4 Å². The van der Waals surface area contributed by atoms with Crippen LogP contribution in [-0.4, -0.2) is 49.1 Å². The van der Waals surface area contributed by atoms with E-state index in [4.69, 9.17) is 0 Å². The third-order valence-corrected chi connectivity index (χ3v) is 6.01. The van der Waals surface area contributed by atoms with Crippen molar-refractivity contribution < 1.29 is 9.18 Å². The van der Waals surface area contributed by atoms with Crippen molar-refractivity contribution in [3.05, 3.63) is 72.7 Å². The van der Waals surface area contributed by atoms with Gasteiger partial charge in [-0.2, -0.15) is 0 Å². The molecule has 0 bridgehead atoms. The molecule has 7 heteroatoms. The number of nitrogens with one attached hydrogen (secondary N) is 1. The van der Waals surface area contributed by atoms with Crippen LogP contribution in [0.5, 0.6) is 0 Å². The maximum atomic E-state index is 13.6. The summed E-state index contributed by atoms with van der Waals surface area (Å²) in [6.45, 7) is 3.00. The minimum absolute atomic E-state index is 0.0711. The first kappa shape index (κ1) is 22.7. The molecule has 1 fully saturated rings. The van der Waals surface area contributed by atoms with E-state index in [1.807, 2.05) is 24.3 Å². The Kier molecular flexibility index (Phi) is 7.50. The lowest BCUT2D eigenvalue weighted by atomic mass is 9.97. The highest BCUT2D eigenvalue weighted by atomic mass is 19.1. The van der Waals surface area contributed by atoms with Crippen LogP contribution in [0.25, 0.3) is 11.4 Å². The second-order valence-corrected chi connectivity index (χ2v) is 8.44. The van der Waals surface area contributed by atoms with Gasteiger partial charge in [0.25, 0.3) is 0 Å². The van der Waals surface area contributed by atoms with E-state index in [0.717, 1.165) is 38.2 Å². The zero-order chi connectivity index (χ0) is 23.0. The number of anilines is 2. The fourth-order valence-corrected chi connectivity index (χ4v) is 4.17. The van der Waals surface area contributed by atoms with Crippen LogP contribution in [0.1, 0.15) is 19.3 Å². The Balaban J connectivity index is 1.29. The van der Waals surface area contributed by atoms with Crippen molar-refractivity contribution in [1.82, 2.24) is 15.3 Å². The van der Waals surface area contributed by atoms with E-state index in [1.54, 1.807) is 18.3 Å². The van der Waals surface area contributed by atoms with Crippen molar-refractivity contribution in [1.29, 1.82) is 0 Å². The van der Waals surface area contributed by atoms with Gasteiger partial charge in [-0.3, -0.25) is 4.79 Å². The number of benzene rings is 2. The van der Waals surface area contributed by atoms with Crippen LogP contribution in [0.3, 0.4) is 0 Å². The van der Waals surface area contributed by atoms with Gasteiger partial charge in [0.2, 0.25) is 5.91 Å². The first-order chi connectivity index (χ1) is 16.1. The smallest absolute Gasteiger partial charge is 0.224 e. The summed E-state index contributed by atoms with van der Waals surface area (Å²) < 4.78 is 13.6. The molecule has 1 N–H and O–H groups in total. The maximum absolute atomic E-state index is 13.6. The van der Waals surface area contributed by atoms with Crippen molar-refractivity contribution in [3.63, 3.8) is 0 Å². The molecule has 2 aromatic carbocycles. The number of amides is 1. The Morgan fingerprint density at radius 1 is 1.18 bits per heavy atom. The Morgan fingerprint density at radius 3 is 2.85 bits per heavy atom. The zero-order valence-electron chi connectivity index (χ0n) is 19.0. The highest BCUT2D eigenvalue weighted by Gasteiger charge is 2.26. The van der Waals surface area contributed by atoms with E-state index in [0.29, 0.717) is 24.5 Å². The predicted molar refractivity (Wildman–Crippen MR) is 130 cm³/mol. The van der Waals surface area contributed by atoms with E-state index in [-0.39, 0.29) is 17.6 Å². The molecular formula is C26H30FN5O. The molecule has 0 spiro atoms. The number of carbonyl (C=O) groups excluding carboxylic acids is 1. The van der Waals surface area contributed by atoms with Gasteiger partial charge in [0.05, 0.1) is 5.92 Å². The summed E-state index contributed by atoms with van der Waals surface area (Å²) >= 11 is 0. The SMILES string of the molecule is CN(CCCNC(=O)[C@@H]1CCCN(c2ccnc(-c3cccc(F)c3)n2)C1)c1ccccc1. The van der Waals surface area contributed by atoms with Gasteiger partial charge in [0.15, 0.2) is 5.82 Å². The van der Waals surface area contributed by atoms with Gasteiger partial charge in [-0.25, -0.2) is 14.4 Å². The number of hydrogen-bond acceptors (Lipinski definition) is 5. The number of halogens is 1. The Bertz CT molecular complexity index is 1060. The fourth-order valence-electron chi connectivity index (χ4n) is 4.17. The average Bonchev–Trinajstić information content (AvgIpc) is 2.87. The summed E-state index contributed by atoms with van der Waals surface area (Å²) in [6.07, 6.45) is 4.37. The second kappa shape index (κ2) is 10.9. The van der Waals surface area contributed by atoms with Crippen molar-refractivity contribution in [2.24, 2.45) is 5.92 Å². The summed E-state index contributed by atoms with van der Waals surface area (Å²) in [6, 6.07) is 18.4. The van der Waals surface area contributed by atoms with Crippen molar-refractivity contribution >= 4 is 17.4 Å². The Hall–Kier alpha value is -3.48. The van der Waals surface area contributed by atoms with Gasteiger partial charge in [-0.05, 0) is 49.6 Å². The van der Waals surface area contributed by atoms with Crippen LogP contribution in [0.2, 0.25) is 0 Å². The molecule has 1 saturated heterocycles. The minimum Gasteiger partial charge on any atom is -0.375 e. The molecule has 1 aromatic heterocycles. The lowest BCUT2D eigenvalue weighted by Gasteiger charge is -2.33. The van der Waals surface area contributed by atoms with E-state index in [1.165, 1.54) is 17.8 Å².